The second kappa shape index (κ2) is 19.0. The predicted molar refractivity (Wildman–Crippen MR) is 181 cm³/mol. The summed E-state index contributed by atoms with van der Waals surface area (Å²) in [5.74, 6) is -2.11. The Morgan fingerprint density at radius 3 is 2.09 bits per heavy atom. The Hall–Kier alpha value is -3.59. The molecule has 2 aromatic rings. The van der Waals surface area contributed by atoms with Gasteiger partial charge in [-0.05, 0) is 47.9 Å². The molecule has 0 heterocycles. The van der Waals surface area contributed by atoms with Crippen molar-refractivity contribution in [2.45, 2.75) is 97.4 Å². The molecule has 0 bridgehead atoms. The molecule has 8 nitrogen and oxygen atoms in total. The molecule has 0 saturated heterocycles. The van der Waals surface area contributed by atoms with Crippen LogP contribution in [0.25, 0.3) is 0 Å². The van der Waals surface area contributed by atoms with Crippen LogP contribution in [-0.2, 0) is 48.0 Å². The third-order valence-corrected chi connectivity index (χ3v) is 9.25. The highest BCUT2D eigenvalue weighted by molar-refractivity contribution is 6.76. The summed E-state index contributed by atoms with van der Waals surface area (Å²) in [6.45, 7) is 12.8. The fraction of sp³-hybridized carbons (Fsp3) is 0.528. The molecule has 0 saturated carbocycles. The molecule has 2 amide bonds. The van der Waals surface area contributed by atoms with Crippen LogP contribution in [0.5, 0.6) is 0 Å². The molecule has 0 unspecified atom stereocenters. The normalized spacial score (nSPS) is 12.7. The van der Waals surface area contributed by atoms with Crippen molar-refractivity contribution in [2.75, 3.05) is 13.2 Å². The molecule has 0 radical (unpaired) electrons. The lowest BCUT2D eigenvalue weighted by Crippen LogP contribution is -2.44. The number of Topliss-reactive ketones (excluding diaryl/α,β-unsaturated/α-hetero) is 2. The smallest absolute Gasteiger partial charge is 0.306 e. The SMILES string of the molecule is CCc1ccc(CC(=O)CNC(=O)[C@@H](CC(=O)[C@H](Cc2ccccc2)NC(=O)CCC(=O)OCC[Si](C)(C)C)CC(C)C)cc1. The van der Waals surface area contributed by atoms with Crippen molar-refractivity contribution in [1.82, 2.24) is 10.6 Å². The van der Waals surface area contributed by atoms with Crippen LogP contribution in [0.15, 0.2) is 54.6 Å². The van der Waals surface area contributed by atoms with Gasteiger partial charge >= 0.3 is 5.97 Å². The van der Waals surface area contributed by atoms with E-state index in [-0.39, 0.29) is 62.0 Å². The monoisotopic (exact) mass is 636 g/mol. The van der Waals surface area contributed by atoms with Crippen LogP contribution in [0.2, 0.25) is 25.7 Å². The summed E-state index contributed by atoms with van der Waals surface area (Å²) in [6.07, 6.45) is 1.62. The molecule has 2 N–H and O–H groups in total. The van der Waals surface area contributed by atoms with Crippen LogP contribution < -0.4 is 10.6 Å². The first kappa shape index (κ1) is 37.6. The van der Waals surface area contributed by atoms with Crippen molar-refractivity contribution in [2.24, 2.45) is 11.8 Å². The summed E-state index contributed by atoms with van der Waals surface area (Å²) in [7, 11) is -1.34. The van der Waals surface area contributed by atoms with E-state index in [0.29, 0.717) is 13.0 Å². The molecule has 0 aliphatic carbocycles. The van der Waals surface area contributed by atoms with E-state index in [0.717, 1.165) is 23.6 Å². The lowest BCUT2D eigenvalue weighted by molar-refractivity contribution is -0.144. The van der Waals surface area contributed by atoms with E-state index >= 15 is 0 Å². The van der Waals surface area contributed by atoms with Gasteiger partial charge in [0.25, 0.3) is 0 Å². The molecule has 2 atom stereocenters. The van der Waals surface area contributed by atoms with Crippen LogP contribution in [0.1, 0.15) is 63.1 Å². The van der Waals surface area contributed by atoms with Gasteiger partial charge in [-0.25, -0.2) is 0 Å². The first-order chi connectivity index (χ1) is 21.3. The Labute approximate surface area is 270 Å². The van der Waals surface area contributed by atoms with E-state index in [1.807, 2.05) is 68.4 Å². The molecule has 246 valence electrons. The van der Waals surface area contributed by atoms with E-state index < -0.39 is 31.9 Å². The van der Waals surface area contributed by atoms with Gasteiger partial charge in [-0.3, -0.25) is 24.0 Å². The van der Waals surface area contributed by atoms with Crippen LogP contribution in [0.3, 0.4) is 0 Å². The van der Waals surface area contributed by atoms with Crippen LogP contribution in [-0.4, -0.2) is 56.6 Å². The summed E-state index contributed by atoms with van der Waals surface area (Å²) < 4.78 is 5.30. The van der Waals surface area contributed by atoms with Gasteiger partial charge in [-0.2, -0.15) is 0 Å². The van der Waals surface area contributed by atoms with Gasteiger partial charge in [0.1, 0.15) is 0 Å². The third-order valence-electron chi connectivity index (χ3n) is 7.54. The number of nitrogens with one attached hydrogen (secondary N) is 2. The molecule has 2 aromatic carbocycles. The van der Waals surface area contributed by atoms with Gasteiger partial charge in [0.15, 0.2) is 11.6 Å². The average Bonchev–Trinajstić information content (AvgIpc) is 2.98. The zero-order valence-corrected chi connectivity index (χ0v) is 28.9. The summed E-state index contributed by atoms with van der Waals surface area (Å²) >= 11 is 0. The lowest BCUT2D eigenvalue weighted by Gasteiger charge is -2.22. The van der Waals surface area contributed by atoms with Gasteiger partial charge in [0, 0.05) is 33.3 Å². The summed E-state index contributed by atoms with van der Waals surface area (Å²) in [4.78, 5) is 64.5. The summed E-state index contributed by atoms with van der Waals surface area (Å²) in [6, 6.07) is 17.2. The summed E-state index contributed by atoms with van der Waals surface area (Å²) in [5, 5.41) is 5.56. The Morgan fingerprint density at radius 1 is 0.844 bits per heavy atom. The Balaban J connectivity index is 2.02. The number of carbonyl (C=O) groups excluding carboxylic acids is 5. The minimum atomic E-state index is -1.34. The van der Waals surface area contributed by atoms with E-state index in [4.69, 9.17) is 4.74 Å². The molecular formula is C36H52N2O6Si. The van der Waals surface area contributed by atoms with Crippen molar-refractivity contribution in [3.63, 3.8) is 0 Å². The molecule has 0 aliphatic rings. The van der Waals surface area contributed by atoms with E-state index in [1.54, 1.807) is 0 Å². The minimum absolute atomic E-state index is 0.0705. The highest BCUT2D eigenvalue weighted by Crippen LogP contribution is 2.19. The highest BCUT2D eigenvalue weighted by Gasteiger charge is 2.29. The average molecular weight is 637 g/mol. The maximum Gasteiger partial charge on any atom is 0.306 e. The number of carbonyl (C=O) groups is 5. The van der Waals surface area contributed by atoms with Gasteiger partial charge in [0.2, 0.25) is 11.8 Å². The van der Waals surface area contributed by atoms with E-state index in [1.165, 1.54) is 5.56 Å². The Kier molecular flexibility index (Phi) is 15.9. The largest absolute Gasteiger partial charge is 0.466 e. The maximum atomic E-state index is 13.6. The van der Waals surface area contributed by atoms with Crippen molar-refractivity contribution in [3.05, 3.63) is 71.3 Å². The summed E-state index contributed by atoms with van der Waals surface area (Å²) in [5.41, 5.74) is 2.95. The zero-order chi connectivity index (χ0) is 33.4. The van der Waals surface area contributed by atoms with Crippen molar-refractivity contribution < 1.29 is 28.7 Å². The highest BCUT2D eigenvalue weighted by atomic mass is 28.3. The Morgan fingerprint density at radius 2 is 1.49 bits per heavy atom. The minimum Gasteiger partial charge on any atom is -0.466 e. The number of amides is 2. The molecule has 0 aliphatic heterocycles. The quantitative estimate of drug-likeness (QED) is 0.147. The van der Waals surface area contributed by atoms with Gasteiger partial charge < -0.3 is 15.4 Å². The number of hydrogen-bond donors (Lipinski definition) is 2. The first-order valence-electron chi connectivity index (χ1n) is 16.1. The second-order valence-electron chi connectivity index (χ2n) is 13.4. The topological polar surface area (TPSA) is 119 Å². The van der Waals surface area contributed by atoms with E-state index in [2.05, 4.69) is 37.2 Å². The fourth-order valence-electron chi connectivity index (χ4n) is 4.87. The standard InChI is InChI=1S/C36H52N2O6Si/c1-7-27-13-15-29(16-14-27)22-31(39)25-37-36(43)30(21-26(2)3)24-33(40)32(23-28-11-9-8-10-12-28)38-34(41)17-18-35(42)44-19-20-45(4,5)6/h8-16,26,30,32H,7,17-25H2,1-6H3,(H,37,43)(H,38,41)/t30-,32+/m1/s1. The van der Waals surface area contributed by atoms with Gasteiger partial charge in [0.05, 0.1) is 25.6 Å². The molecule has 0 aromatic heterocycles. The molecule has 2 rings (SSSR count). The molecule has 45 heavy (non-hydrogen) atoms. The molecule has 0 spiro atoms. The van der Waals surface area contributed by atoms with Crippen LogP contribution in [0.4, 0.5) is 0 Å². The van der Waals surface area contributed by atoms with Crippen LogP contribution in [0, 0.1) is 11.8 Å². The number of hydrogen-bond acceptors (Lipinski definition) is 6. The number of rotatable bonds is 20. The van der Waals surface area contributed by atoms with E-state index in [9.17, 15) is 24.0 Å². The lowest BCUT2D eigenvalue weighted by atomic mass is 9.88. The number of ether oxygens (including phenoxy) is 1. The van der Waals surface area contributed by atoms with Gasteiger partial charge in [-0.1, -0.05) is 95.0 Å². The first-order valence-corrected chi connectivity index (χ1v) is 19.8. The number of esters is 1. The zero-order valence-electron chi connectivity index (χ0n) is 27.9. The fourth-order valence-corrected chi connectivity index (χ4v) is 5.59. The predicted octanol–water partition coefficient (Wildman–Crippen LogP) is 5.49. The second-order valence-corrected chi connectivity index (χ2v) is 19.1. The van der Waals surface area contributed by atoms with Crippen molar-refractivity contribution >= 4 is 37.4 Å². The molecule has 9 heteroatoms. The maximum absolute atomic E-state index is 13.6. The number of aryl methyl sites for hydroxylation is 1. The Bertz CT molecular complexity index is 1250. The number of ketones is 2. The molecular weight excluding hydrogens is 584 g/mol. The third kappa shape index (κ3) is 15.8. The molecule has 0 fully saturated rings. The van der Waals surface area contributed by atoms with Crippen molar-refractivity contribution in [3.8, 4) is 0 Å². The van der Waals surface area contributed by atoms with Crippen molar-refractivity contribution in [1.29, 1.82) is 0 Å². The van der Waals surface area contributed by atoms with Gasteiger partial charge in [-0.15, -0.1) is 0 Å². The number of benzene rings is 2. The van der Waals surface area contributed by atoms with Crippen LogP contribution >= 0.6 is 0 Å².